The van der Waals surface area contributed by atoms with Crippen LogP contribution in [0.3, 0.4) is 0 Å². The highest BCUT2D eigenvalue weighted by molar-refractivity contribution is 6.31. The number of carboxylic acid groups (broad SMARTS) is 1. The third kappa shape index (κ3) is 3.97. The number of nitrogens with zero attached hydrogens (tertiary/aromatic N) is 2. The Labute approximate surface area is 176 Å². The van der Waals surface area contributed by atoms with Crippen LogP contribution in [0.15, 0.2) is 41.3 Å². The van der Waals surface area contributed by atoms with E-state index < -0.39 is 34.8 Å². The Morgan fingerprint density at radius 3 is 2.50 bits per heavy atom. The van der Waals surface area contributed by atoms with Gasteiger partial charge < -0.3 is 20.3 Å². The fourth-order valence-electron chi connectivity index (χ4n) is 3.08. The van der Waals surface area contributed by atoms with Crippen LogP contribution >= 0.6 is 11.6 Å². The molecule has 1 aromatic carbocycles. The number of carboxylic acids is 1. The third-order valence-corrected chi connectivity index (χ3v) is 4.89. The summed E-state index contributed by atoms with van der Waals surface area (Å²) in [6, 6.07) is 7.18. The van der Waals surface area contributed by atoms with Crippen LogP contribution in [0.4, 0.5) is 0 Å². The number of nitrogens with one attached hydrogen (secondary N) is 1. The van der Waals surface area contributed by atoms with Gasteiger partial charge in [-0.2, -0.15) is 0 Å². The zero-order valence-electron chi connectivity index (χ0n) is 16.3. The van der Waals surface area contributed by atoms with Gasteiger partial charge in [-0.3, -0.25) is 14.1 Å². The zero-order valence-corrected chi connectivity index (χ0v) is 17.0. The summed E-state index contributed by atoms with van der Waals surface area (Å²) in [5.74, 6) is -2.15. The third-order valence-electron chi connectivity index (χ3n) is 4.68. The second-order valence-corrected chi connectivity index (χ2v) is 7.03. The number of aromatic nitrogens is 2. The molecule has 0 aliphatic rings. The van der Waals surface area contributed by atoms with Crippen LogP contribution in [0, 0.1) is 0 Å². The average molecular weight is 434 g/mol. The van der Waals surface area contributed by atoms with E-state index in [-0.39, 0.29) is 23.5 Å². The minimum atomic E-state index is -1.24. The molecule has 1 atom stereocenters. The largest absolute Gasteiger partial charge is 0.505 e. The average Bonchev–Trinajstić information content (AvgIpc) is 3.11. The monoisotopic (exact) mass is 433 g/mol. The lowest BCUT2D eigenvalue weighted by Crippen LogP contribution is -2.43. The first-order chi connectivity index (χ1) is 14.3. The van der Waals surface area contributed by atoms with Crippen LogP contribution in [0.25, 0.3) is 5.52 Å². The van der Waals surface area contributed by atoms with E-state index in [9.17, 15) is 24.6 Å². The van der Waals surface area contributed by atoms with E-state index in [1.807, 2.05) is 0 Å². The van der Waals surface area contributed by atoms with Gasteiger partial charge in [-0.1, -0.05) is 30.7 Å². The number of benzene rings is 1. The summed E-state index contributed by atoms with van der Waals surface area (Å²) in [5, 5.41) is 22.3. The molecule has 2 heterocycles. The van der Waals surface area contributed by atoms with Gasteiger partial charge in [-0.15, -0.1) is 0 Å². The lowest BCUT2D eigenvalue weighted by atomic mass is 10.1. The molecule has 10 heteroatoms. The predicted octanol–water partition coefficient (Wildman–Crippen LogP) is 2.11. The number of halogens is 1. The summed E-state index contributed by atoms with van der Waals surface area (Å²) in [6.07, 6.45) is 1.55. The van der Waals surface area contributed by atoms with Crippen molar-refractivity contribution in [3.05, 3.63) is 63.0 Å². The maximum Gasteiger partial charge on any atom is 0.326 e. The maximum absolute atomic E-state index is 13.1. The lowest BCUT2D eigenvalue weighted by molar-refractivity contribution is -0.139. The number of hydrogen-bond donors (Lipinski definition) is 3. The molecule has 2 aromatic heterocycles. The van der Waals surface area contributed by atoms with E-state index in [2.05, 4.69) is 5.32 Å². The summed E-state index contributed by atoms with van der Waals surface area (Å²) in [7, 11) is 1.54. The number of aromatic hydroxyl groups is 1. The van der Waals surface area contributed by atoms with Gasteiger partial charge in [-0.25, -0.2) is 9.48 Å². The molecule has 1 unspecified atom stereocenters. The van der Waals surface area contributed by atoms with Gasteiger partial charge in [0.15, 0.2) is 5.75 Å². The van der Waals surface area contributed by atoms with Gasteiger partial charge >= 0.3 is 5.97 Å². The first-order valence-electron chi connectivity index (χ1n) is 9.07. The van der Waals surface area contributed by atoms with E-state index in [4.69, 9.17) is 16.3 Å². The number of carbonyl (C=O) groups excluding carboxylic acids is 1. The zero-order chi connectivity index (χ0) is 22.0. The summed E-state index contributed by atoms with van der Waals surface area (Å²) in [5.41, 5.74) is -0.467. The van der Waals surface area contributed by atoms with Crippen LogP contribution in [0.2, 0.25) is 5.02 Å². The highest BCUT2D eigenvalue weighted by Gasteiger charge is 2.26. The predicted molar refractivity (Wildman–Crippen MR) is 110 cm³/mol. The van der Waals surface area contributed by atoms with Crippen molar-refractivity contribution in [3.63, 3.8) is 0 Å². The molecule has 0 fully saturated rings. The van der Waals surface area contributed by atoms with Crippen molar-refractivity contribution in [1.29, 1.82) is 0 Å². The Morgan fingerprint density at radius 2 is 1.93 bits per heavy atom. The SMILES string of the molecule is CCC(NC(=O)c1c(O)c2cc(Cl)cn2n(Cc2ccc(OC)cc2)c1=O)C(=O)O. The molecular weight excluding hydrogens is 414 g/mol. The molecule has 0 bridgehead atoms. The molecule has 0 aliphatic heterocycles. The fourth-order valence-corrected chi connectivity index (χ4v) is 3.27. The molecule has 3 rings (SSSR count). The van der Waals surface area contributed by atoms with E-state index in [0.29, 0.717) is 5.75 Å². The molecule has 0 aliphatic carbocycles. The van der Waals surface area contributed by atoms with Crippen molar-refractivity contribution in [2.24, 2.45) is 0 Å². The summed E-state index contributed by atoms with van der Waals surface area (Å²) >= 11 is 6.06. The molecule has 3 N–H and O–H groups in total. The lowest BCUT2D eigenvalue weighted by Gasteiger charge is -2.16. The molecule has 158 valence electrons. The number of carbonyl (C=O) groups is 2. The Bertz CT molecular complexity index is 1170. The van der Waals surface area contributed by atoms with Crippen molar-refractivity contribution in [2.75, 3.05) is 7.11 Å². The standard InChI is InChI=1S/C20H20ClN3O6/c1-3-14(20(28)29)22-18(26)16-17(25)15-8-12(21)10-23(15)24(19(16)27)9-11-4-6-13(30-2)7-5-11/h4-8,10,14,25H,3,9H2,1-2H3,(H,22,26)(H,28,29). The van der Waals surface area contributed by atoms with E-state index in [1.165, 1.54) is 28.6 Å². The number of fused-ring (bicyclic) bond motifs is 1. The Hall–Kier alpha value is -3.46. The van der Waals surface area contributed by atoms with Crippen molar-refractivity contribution >= 4 is 29.0 Å². The van der Waals surface area contributed by atoms with Crippen molar-refractivity contribution < 1.29 is 24.5 Å². The van der Waals surface area contributed by atoms with Crippen LogP contribution in [0.1, 0.15) is 29.3 Å². The van der Waals surface area contributed by atoms with Crippen molar-refractivity contribution in [1.82, 2.24) is 14.5 Å². The maximum atomic E-state index is 13.1. The number of amides is 1. The van der Waals surface area contributed by atoms with Gasteiger partial charge in [0.1, 0.15) is 22.9 Å². The van der Waals surface area contributed by atoms with E-state index in [0.717, 1.165) is 5.56 Å². The first kappa shape index (κ1) is 21.3. The Morgan fingerprint density at radius 1 is 1.27 bits per heavy atom. The minimum absolute atomic E-state index is 0.0705. The minimum Gasteiger partial charge on any atom is -0.505 e. The molecule has 0 spiro atoms. The molecule has 0 saturated carbocycles. The van der Waals surface area contributed by atoms with Gasteiger partial charge in [0.05, 0.1) is 18.7 Å². The van der Waals surface area contributed by atoms with Crippen LogP contribution in [0.5, 0.6) is 11.5 Å². The van der Waals surface area contributed by atoms with Crippen LogP contribution < -0.4 is 15.6 Å². The molecule has 3 aromatic rings. The van der Waals surface area contributed by atoms with E-state index in [1.54, 1.807) is 31.2 Å². The smallest absolute Gasteiger partial charge is 0.326 e. The number of hydrogen-bond acceptors (Lipinski definition) is 5. The summed E-state index contributed by atoms with van der Waals surface area (Å²) < 4.78 is 7.72. The number of aliphatic carboxylic acids is 1. The normalized spacial score (nSPS) is 12.0. The molecule has 0 saturated heterocycles. The second-order valence-electron chi connectivity index (χ2n) is 6.60. The van der Waals surface area contributed by atoms with Crippen molar-refractivity contribution in [3.8, 4) is 11.5 Å². The number of rotatable bonds is 7. The van der Waals surface area contributed by atoms with E-state index >= 15 is 0 Å². The number of methoxy groups -OCH3 is 1. The van der Waals surface area contributed by atoms with Crippen molar-refractivity contribution in [2.45, 2.75) is 25.9 Å². The molecule has 1 amide bonds. The molecule has 0 radical (unpaired) electrons. The van der Waals surface area contributed by atoms with Crippen LogP contribution in [-0.4, -0.2) is 44.4 Å². The first-order valence-corrected chi connectivity index (χ1v) is 9.44. The van der Waals surface area contributed by atoms with Gasteiger partial charge in [0.2, 0.25) is 0 Å². The van der Waals surface area contributed by atoms with Crippen LogP contribution in [-0.2, 0) is 11.3 Å². The quantitative estimate of drug-likeness (QED) is 0.524. The highest BCUT2D eigenvalue weighted by atomic mass is 35.5. The van der Waals surface area contributed by atoms with Gasteiger partial charge in [0.25, 0.3) is 11.5 Å². The fraction of sp³-hybridized carbons (Fsp3) is 0.250. The molecule has 30 heavy (non-hydrogen) atoms. The molecule has 9 nitrogen and oxygen atoms in total. The number of ether oxygens (including phenoxy) is 1. The summed E-state index contributed by atoms with van der Waals surface area (Å²) in [4.78, 5) is 37.1. The second kappa shape index (κ2) is 8.50. The highest BCUT2D eigenvalue weighted by Crippen LogP contribution is 2.26. The Kier molecular flexibility index (Phi) is 6.02. The van der Waals surface area contributed by atoms with Gasteiger partial charge in [-0.05, 0) is 30.2 Å². The summed E-state index contributed by atoms with van der Waals surface area (Å²) in [6.45, 7) is 1.65. The topological polar surface area (TPSA) is 122 Å². The Balaban J connectivity index is 2.13. The van der Waals surface area contributed by atoms with Gasteiger partial charge in [0, 0.05) is 6.20 Å². The molecular formula is C20H20ClN3O6.